The first kappa shape index (κ1) is 21.6. The molecular formula is C23H26FN3O3. The van der Waals surface area contributed by atoms with Gasteiger partial charge in [-0.1, -0.05) is 29.4 Å². The fourth-order valence-electron chi connectivity index (χ4n) is 2.88. The monoisotopic (exact) mass is 411 g/mol. The van der Waals surface area contributed by atoms with E-state index in [1.54, 1.807) is 12.1 Å². The van der Waals surface area contributed by atoms with Crippen LogP contribution in [0.1, 0.15) is 43.7 Å². The molecule has 1 N–H and O–H groups in total. The molecule has 0 radical (unpaired) electrons. The molecule has 0 unspecified atom stereocenters. The minimum absolute atomic E-state index is 0.0344. The SMILES string of the molecule is CC(C)OCc1ccccc1CNC(=O)CCCc1nc(-c2ccc(F)cc2)no1. The number of carbonyl (C=O) groups is 1. The van der Waals surface area contributed by atoms with Crippen LogP contribution in [0, 0.1) is 5.82 Å². The number of nitrogens with zero attached hydrogens (tertiary/aromatic N) is 2. The Balaban J connectivity index is 1.43. The summed E-state index contributed by atoms with van der Waals surface area (Å²) in [6.07, 6.45) is 1.61. The van der Waals surface area contributed by atoms with Crippen LogP contribution >= 0.6 is 0 Å². The third-order valence-corrected chi connectivity index (χ3v) is 4.53. The molecule has 0 saturated carbocycles. The first-order chi connectivity index (χ1) is 14.5. The number of aromatic nitrogens is 2. The van der Waals surface area contributed by atoms with Crippen molar-refractivity contribution >= 4 is 5.91 Å². The van der Waals surface area contributed by atoms with Crippen molar-refractivity contribution in [2.24, 2.45) is 0 Å². The Labute approximate surface area is 175 Å². The van der Waals surface area contributed by atoms with E-state index in [4.69, 9.17) is 9.26 Å². The summed E-state index contributed by atoms with van der Waals surface area (Å²) in [7, 11) is 0. The zero-order valence-electron chi connectivity index (χ0n) is 17.2. The van der Waals surface area contributed by atoms with Gasteiger partial charge >= 0.3 is 0 Å². The van der Waals surface area contributed by atoms with Crippen molar-refractivity contribution in [2.75, 3.05) is 0 Å². The van der Waals surface area contributed by atoms with Crippen LogP contribution < -0.4 is 5.32 Å². The highest BCUT2D eigenvalue weighted by Gasteiger charge is 2.10. The first-order valence-electron chi connectivity index (χ1n) is 10.0. The molecule has 1 heterocycles. The molecule has 0 aliphatic carbocycles. The van der Waals surface area contributed by atoms with Gasteiger partial charge in [0.1, 0.15) is 5.82 Å². The highest BCUT2D eigenvalue weighted by molar-refractivity contribution is 5.75. The molecule has 0 fully saturated rings. The van der Waals surface area contributed by atoms with Gasteiger partial charge in [0.2, 0.25) is 17.6 Å². The van der Waals surface area contributed by atoms with Crippen LogP contribution in [0.3, 0.4) is 0 Å². The van der Waals surface area contributed by atoms with E-state index >= 15 is 0 Å². The summed E-state index contributed by atoms with van der Waals surface area (Å²) in [5, 5.41) is 6.86. The van der Waals surface area contributed by atoms with E-state index in [1.807, 2.05) is 38.1 Å². The Kier molecular flexibility index (Phi) is 7.68. The molecule has 7 heteroatoms. The van der Waals surface area contributed by atoms with Crippen LogP contribution in [-0.4, -0.2) is 22.2 Å². The Morgan fingerprint density at radius 1 is 1.13 bits per heavy atom. The second-order valence-electron chi connectivity index (χ2n) is 7.28. The maximum atomic E-state index is 13.0. The largest absolute Gasteiger partial charge is 0.374 e. The lowest BCUT2D eigenvalue weighted by atomic mass is 10.1. The third-order valence-electron chi connectivity index (χ3n) is 4.53. The summed E-state index contributed by atoms with van der Waals surface area (Å²) in [6, 6.07) is 13.8. The molecule has 0 spiro atoms. The average Bonchev–Trinajstić information content (AvgIpc) is 3.20. The maximum absolute atomic E-state index is 13.0. The number of hydrogen-bond donors (Lipinski definition) is 1. The van der Waals surface area contributed by atoms with E-state index in [-0.39, 0.29) is 17.8 Å². The molecule has 30 heavy (non-hydrogen) atoms. The zero-order valence-corrected chi connectivity index (χ0v) is 17.2. The van der Waals surface area contributed by atoms with E-state index in [1.165, 1.54) is 12.1 Å². The van der Waals surface area contributed by atoms with Crippen molar-refractivity contribution in [3.63, 3.8) is 0 Å². The molecule has 0 bridgehead atoms. The fraction of sp³-hybridized carbons (Fsp3) is 0.348. The second kappa shape index (κ2) is 10.6. The quantitative estimate of drug-likeness (QED) is 0.534. The van der Waals surface area contributed by atoms with Crippen molar-refractivity contribution in [2.45, 2.75) is 52.4 Å². The molecular weight excluding hydrogens is 385 g/mol. The van der Waals surface area contributed by atoms with Crippen LogP contribution in [0.5, 0.6) is 0 Å². The Morgan fingerprint density at radius 3 is 2.60 bits per heavy atom. The fourth-order valence-corrected chi connectivity index (χ4v) is 2.88. The van der Waals surface area contributed by atoms with E-state index in [9.17, 15) is 9.18 Å². The minimum Gasteiger partial charge on any atom is -0.374 e. The molecule has 0 aliphatic heterocycles. The van der Waals surface area contributed by atoms with Crippen LogP contribution in [0.4, 0.5) is 4.39 Å². The Hall–Kier alpha value is -3.06. The number of ether oxygens (including phenoxy) is 1. The highest BCUT2D eigenvalue weighted by atomic mass is 19.1. The number of carbonyl (C=O) groups excluding carboxylic acids is 1. The second-order valence-corrected chi connectivity index (χ2v) is 7.28. The summed E-state index contributed by atoms with van der Waals surface area (Å²) in [4.78, 5) is 16.5. The van der Waals surface area contributed by atoms with Gasteiger partial charge in [0.15, 0.2) is 0 Å². The van der Waals surface area contributed by atoms with Gasteiger partial charge in [0.05, 0.1) is 12.7 Å². The first-order valence-corrected chi connectivity index (χ1v) is 10.0. The molecule has 0 saturated heterocycles. The van der Waals surface area contributed by atoms with Crippen LogP contribution in [-0.2, 0) is 29.1 Å². The van der Waals surface area contributed by atoms with Crippen molar-refractivity contribution in [1.29, 1.82) is 0 Å². The molecule has 0 atom stereocenters. The van der Waals surface area contributed by atoms with Crippen LogP contribution in [0.25, 0.3) is 11.4 Å². The van der Waals surface area contributed by atoms with Gasteiger partial charge in [-0.15, -0.1) is 0 Å². The van der Waals surface area contributed by atoms with Gasteiger partial charge < -0.3 is 14.6 Å². The molecule has 1 aromatic heterocycles. The van der Waals surface area contributed by atoms with E-state index in [2.05, 4.69) is 15.5 Å². The predicted molar refractivity (Wildman–Crippen MR) is 111 cm³/mol. The van der Waals surface area contributed by atoms with E-state index in [0.29, 0.717) is 49.7 Å². The highest BCUT2D eigenvalue weighted by Crippen LogP contribution is 2.17. The topological polar surface area (TPSA) is 77.2 Å². The van der Waals surface area contributed by atoms with Crippen LogP contribution in [0.2, 0.25) is 0 Å². The number of hydrogen-bond acceptors (Lipinski definition) is 5. The molecule has 1 amide bonds. The summed E-state index contributed by atoms with van der Waals surface area (Å²) in [5.41, 5.74) is 2.81. The van der Waals surface area contributed by atoms with Gasteiger partial charge in [0.25, 0.3) is 0 Å². The van der Waals surface area contributed by atoms with Gasteiger partial charge in [-0.3, -0.25) is 4.79 Å². The number of nitrogens with one attached hydrogen (secondary N) is 1. The lowest BCUT2D eigenvalue weighted by Crippen LogP contribution is -2.23. The summed E-state index contributed by atoms with van der Waals surface area (Å²) < 4.78 is 23.9. The molecule has 3 aromatic rings. The number of aryl methyl sites for hydroxylation is 1. The third kappa shape index (κ3) is 6.49. The van der Waals surface area contributed by atoms with Crippen molar-refractivity contribution in [1.82, 2.24) is 15.5 Å². The summed E-state index contributed by atoms with van der Waals surface area (Å²) in [5.74, 6) is 0.518. The van der Waals surface area contributed by atoms with Crippen LogP contribution in [0.15, 0.2) is 53.1 Å². The smallest absolute Gasteiger partial charge is 0.226 e. The van der Waals surface area contributed by atoms with Crippen molar-refractivity contribution in [3.8, 4) is 11.4 Å². The lowest BCUT2D eigenvalue weighted by Gasteiger charge is -2.12. The number of amides is 1. The normalized spacial score (nSPS) is 11.1. The molecule has 0 aliphatic rings. The Bertz CT molecular complexity index is 954. The molecule has 158 valence electrons. The van der Waals surface area contributed by atoms with Gasteiger partial charge in [-0.05, 0) is 55.7 Å². The lowest BCUT2D eigenvalue weighted by molar-refractivity contribution is -0.121. The standard InChI is InChI=1S/C23H26FN3O3/c1-16(2)29-15-19-7-4-3-6-18(19)14-25-21(28)8-5-9-22-26-23(27-30-22)17-10-12-20(24)13-11-17/h3-4,6-7,10-13,16H,5,8-9,14-15H2,1-2H3,(H,25,28). The minimum atomic E-state index is -0.316. The number of benzene rings is 2. The Morgan fingerprint density at radius 2 is 1.87 bits per heavy atom. The van der Waals surface area contributed by atoms with E-state index in [0.717, 1.165) is 11.1 Å². The molecule has 2 aromatic carbocycles. The number of halogens is 1. The van der Waals surface area contributed by atoms with Gasteiger partial charge in [-0.2, -0.15) is 4.98 Å². The van der Waals surface area contributed by atoms with Crippen molar-refractivity contribution in [3.05, 3.63) is 71.4 Å². The van der Waals surface area contributed by atoms with Crippen molar-refractivity contribution < 1.29 is 18.4 Å². The predicted octanol–water partition coefficient (Wildman–Crippen LogP) is 4.44. The number of rotatable bonds is 10. The molecule has 3 rings (SSSR count). The summed E-state index contributed by atoms with van der Waals surface area (Å²) >= 11 is 0. The van der Waals surface area contributed by atoms with Gasteiger partial charge in [-0.25, -0.2) is 4.39 Å². The van der Waals surface area contributed by atoms with E-state index < -0.39 is 0 Å². The molecule has 6 nitrogen and oxygen atoms in total. The maximum Gasteiger partial charge on any atom is 0.226 e. The average molecular weight is 411 g/mol. The van der Waals surface area contributed by atoms with Gasteiger partial charge in [0, 0.05) is 24.9 Å². The summed E-state index contributed by atoms with van der Waals surface area (Å²) in [6.45, 7) is 4.98. The zero-order chi connectivity index (χ0) is 21.3.